The minimum atomic E-state index is -1.73. The number of nitrogens with one attached hydrogen (secondary N) is 2. The Morgan fingerprint density at radius 1 is 0.855 bits per heavy atom. The van der Waals surface area contributed by atoms with E-state index in [-0.39, 0.29) is 49.5 Å². The summed E-state index contributed by atoms with van der Waals surface area (Å²) in [5, 5.41) is 59.2. The van der Waals surface area contributed by atoms with Crippen LogP contribution in [-0.2, 0) is 54.5 Å². The van der Waals surface area contributed by atoms with Crippen LogP contribution in [0.1, 0.15) is 97.0 Å². The van der Waals surface area contributed by atoms with E-state index in [1.54, 1.807) is 14.0 Å². The van der Waals surface area contributed by atoms with Crippen molar-refractivity contribution in [2.75, 3.05) is 47.6 Å². The Labute approximate surface area is 361 Å². The number of hydrogen-bond acceptors (Lipinski definition) is 14. The second kappa shape index (κ2) is 22.4. The van der Waals surface area contributed by atoms with Gasteiger partial charge in [-0.25, -0.2) is 9.78 Å². The number of aryl methyl sites for hydroxylation is 3. The molecule has 0 aliphatic carbocycles. The molecular formula is C45H63N5O12. The second-order valence-electron chi connectivity index (χ2n) is 15.6. The van der Waals surface area contributed by atoms with Gasteiger partial charge in [0.2, 0.25) is 5.91 Å². The van der Waals surface area contributed by atoms with E-state index >= 15 is 0 Å². The molecule has 5 rings (SSSR count). The second-order valence-corrected chi connectivity index (χ2v) is 15.6. The molecule has 5 unspecified atom stereocenters. The lowest BCUT2D eigenvalue weighted by Gasteiger charge is -2.28. The Balaban J connectivity index is 0.00000131. The minimum Gasteiger partial charge on any atom is -0.469 e. The fourth-order valence-electron chi connectivity index (χ4n) is 7.56. The SMILES string of the molecule is CCC(=O)OC.CCc1c(C)c2cc3[nH]c(cc4nc(c(CC(=O)N(C)CCCOC(CO)C(O)C(O)C(O)CO)c5nc(cc1[nH]2)C(C)=C5C(=O)OC)CC4C)c(C)c3CO. The lowest BCUT2D eigenvalue weighted by atomic mass is 9.96. The van der Waals surface area contributed by atoms with E-state index in [1.807, 2.05) is 45.9 Å². The Kier molecular flexibility index (Phi) is 17.9. The predicted molar refractivity (Wildman–Crippen MR) is 233 cm³/mol. The lowest BCUT2D eigenvalue weighted by molar-refractivity contribution is -0.142. The van der Waals surface area contributed by atoms with Crippen molar-refractivity contribution in [2.45, 2.75) is 111 Å². The van der Waals surface area contributed by atoms with E-state index in [0.717, 1.165) is 56.4 Å². The van der Waals surface area contributed by atoms with Gasteiger partial charge in [0.15, 0.2) is 0 Å². The number of methoxy groups -OCH3 is 2. The summed E-state index contributed by atoms with van der Waals surface area (Å²) in [5.74, 6) is -1.08. The van der Waals surface area contributed by atoms with Crippen LogP contribution in [0.5, 0.6) is 0 Å². The van der Waals surface area contributed by atoms with Crippen LogP contribution in [0.3, 0.4) is 0 Å². The largest absolute Gasteiger partial charge is 0.469 e. The summed E-state index contributed by atoms with van der Waals surface area (Å²) in [6, 6.07) is 5.88. The summed E-state index contributed by atoms with van der Waals surface area (Å²) < 4.78 is 15.1. The first-order valence-corrected chi connectivity index (χ1v) is 20.8. The number of amides is 1. The summed E-state index contributed by atoms with van der Waals surface area (Å²) >= 11 is 0. The number of H-pyrrole nitrogens is 2. The maximum Gasteiger partial charge on any atom is 0.340 e. The van der Waals surface area contributed by atoms with Gasteiger partial charge in [-0.2, -0.15) is 0 Å². The number of hydrogen-bond donors (Lipinski definition) is 8. The molecule has 3 aromatic heterocycles. The molecule has 5 heterocycles. The molecule has 17 heteroatoms. The van der Waals surface area contributed by atoms with Crippen molar-refractivity contribution in [3.8, 4) is 0 Å². The van der Waals surface area contributed by atoms with Crippen molar-refractivity contribution in [1.29, 1.82) is 0 Å². The number of aromatic nitrogens is 4. The van der Waals surface area contributed by atoms with E-state index in [0.29, 0.717) is 47.5 Å². The van der Waals surface area contributed by atoms with Crippen LogP contribution < -0.4 is 0 Å². The highest BCUT2D eigenvalue weighted by Crippen LogP contribution is 2.37. The van der Waals surface area contributed by atoms with Crippen molar-refractivity contribution >= 4 is 51.1 Å². The van der Waals surface area contributed by atoms with Gasteiger partial charge in [-0.3, -0.25) is 14.6 Å². The summed E-state index contributed by atoms with van der Waals surface area (Å²) in [4.78, 5) is 56.1. The van der Waals surface area contributed by atoms with E-state index in [1.165, 1.54) is 19.1 Å². The van der Waals surface area contributed by atoms with E-state index in [9.17, 15) is 39.9 Å². The van der Waals surface area contributed by atoms with Crippen LogP contribution in [0.4, 0.5) is 0 Å². The van der Waals surface area contributed by atoms with Crippen molar-refractivity contribution < 1.29 is 59.2 Å². The zero-order chi connectivity index (χ0) is 46.0. The highest BCUT2D eigenvalue weighted by atomic mass is 16.5. The van der Waals surface area contributed by atoms with Gasteiger partial charge in [0, 0.05) is 77.1 Å². The van der Waals surface area contributed by atoms with Crippen molar-refractivity contribution in [1.82, 2.24) is 24.8 Å². The van der Waals surface area contributed by atoms with Crippen LogP contribution in [-0.4, -0.2) is 145 Å². The van der Waals surface area contributed by atoms with Crippen LogP contribution in [0.25, 0.3) is 33.2 Å². The highest BCUT2D eigenvalue weighted by Gasteiger charge is 2.33. The van der Waals surface area contributed by atoms with E-state index < -0.39 is 43.6 Å². The Hall–Kier alpha value is -5.01. The quantitative estimate of drug-likeness (QED) is 0.0761. The molecule has 8 N–H and O–H groups in total. The summed E-state index contributed by atoms with van der Waals surface area (Å²) in [6.45, 7) is 10.3. The number of fused-ring (bicyclic) bond motifs is 8. The number of aliphatic hydroxyl groups excluding tert-OH is 6. The smallest absolute Gasteiger partial charge is 0.340 e. The fraction of sp³-hybridized carbons (Fsp3) is 0.533. The zero-order valence-corrected chi connectivity index (χ0v) is 37.2. The number of aromatic amines is 2. The molecule has 2 aliphatic heterocycles. The minimum absolute atomic E-state index is 0.00138. The maximum atomic E-state index is 14.0. The number of esters is 2. The van der Waals surface area contributed by atoms with Gasteiger partial charge in [0.1, 0.15) is 24.4 Å². The fourth-order valence-corrected chi connectivity index (χ4v) is 7.56. The lowest BCUT2D eigenvalue weighted by Crippen LogP contribution is -2.48. The van der Waals surface area contributed by atoms with Crippen molar-refractivity contribution in [3.05, 3.63) is 68.8 Å². The number of rotatable bonds is 16. The van der Waals surface area contributed by atoms with Crippen molar-refractivity contribution in [3.63, 3.8) is 0 Å². The Morgan fingerprint density at radius 2 is 1.50 bits per heavy atom. The van der Waals surface area contributed by atoms with Gasteiger partial charge in [-0.05, 0) is 80.5 Å². The molecular weight excluding hydrogens is 803 g/mol. The Morgan fingerprint density at radius 3 is 2.06 bits per heavy atom. The molecule has 340 valence electrons. The maximum absolute atomic E-state index is 14.0. The van der Waals surface area contributed by atoms with Gasteiger partial charge in [-0.1, -0.05) is 20.8 Å². The van der Waals surface area contributed by atoms with Crippen LogP contribution >= 0.6 is 0 Å². The van der Waals surface area contributed by atoms with Crippen LogP contribution in [0, 0.1) is 13.8 Å². The molecule has 0 fully saturated rings. The average Bonchev–Trinajstić information content (AvgIpc) is 3.98. The molecule has 8 bridgehead atoms. The van der Waals surface area contributed by atoms with Crippen LogP contribution in [0.15, 0.2) is 18.2 Å². The van der Waals surface area contributed by atoms with E-state index in [2.05, 4.69) is 21.6 Å². The molecule has 1 amide bonds. The molecule has 3 aromatic rings. The highest BCUT2D eigenvalue weighted by molar-refractivity contribution is 6.25. The van der Waals surface area contributed by atoms with Gasteiger partial charge >= 0.3 is 11.9 Å². The average molecular weight is 866 g/mol. The normalized spacial score (nSPS) is 15.6. The number of nitrogens with zero attached hydrogens (tertiary/aromatic N) is 3. The molecule has 62 heavy (non-hydrogen) atoms. The van der Waals surface area contributed by atoms with Gasteiger partial charge in [0.05, 0.1) is 57.4 Å². The first-order chi connectivity index (χ1) is 29.5. The van der Waals surface area contributed by atoms with Gasteiger partial charge in [-0.15, -0.1) is 0 Å². The summed E-state index contributed by atoms with van der Waals surface area (Å²) in [6.07, 6.45) is -4.41. The van der Waals surface area contributed by atoms with Gasteiger partial charge in [0.25, 0.3) is 0 Å². The molecule has 17 nitrogen and oxygen atoms in total. The number of likely N-dealkylation sites (N-methyl/N-ethyl adjacent to an activating group) is 1. The van der Waals surface area contributed by atoms with Crippen LogP contribution in [0.2, 0.25) is 0 Å². The summed E-state index contributed by atoms with van der Waals surface area (Å²) in [5.41, 5.74) is 10.7. The number of allylic oxidation sites excluding steroid dienone is 1. The zero-order valence-electron chi connectivity index (χ0n) is 37.2. The monoisotopic (exact) mass is 865 g/mol. The predicted octanol–water partition coefficient (Wildman–Crippen LogP) is 2.85. The standard InChI is InChI=1S/C41H55N5O10.C4H8O2/c1-8-24-21(3)29-15-33-26(17-47)22(4)28(44-33)14-27-20(2)12-31(42-27)25(38-37(41(54)55-7)23(5)30(45-38)16-32(24)43-29)13-36(51)46(6)10-9-11-56-35(19-49)40(53)39(52)34(50)18-48;1-3-4(5)6-2/h14-16,20,34-35,39-40,43-44,47-50,52-53H,8-13,17-19H2,1-7H3;3H2,1-2H3. The number of carbonyl (C=O) groups excluding carboxylic acids is 3. The number of ether oxygens (including phenoxy) is 3. The van der Waals surface area contributed by atoms with Crippen molar-refractivity contribution in [2.24, 2.45) is 0 Å². The number of carbonyl (C=O) groups is 3. The molecule has 0 spiro atoms. The topological polar surface area (TPSA) is 261 Å². The first-order valence-electron chi connectivity index (χ1n) is 20.8. The molecule has 0 aromatic carbocycles. The Bertz CT molecular complexity index is 2280. The molecule has 0 saturated carbocycles. The third-order valence-electron chi connectivity index (χ3n) is 11.5. The molecule has 0 radical (unpaired) electrons. The summed E-state index contributed by atoms with van der Waals surface area (Å²) in [7, 11) is 4.32. The third-order valence-corrected chi connectivity index (χ3v) is 11.5. The van der Waals surface area contributed by atoms with Gasteiger partial charge < -0.3 is 59.7 Å². The molecule has 2 aliphatic rings. The first kappa shape index (κ1) is 49.6. The third kappa shape index (κ3) is 11.1. The molecule has 5 atom stereocenters. The number of aliphatic hydroxyl groups is 6. The molecule has 0 saturated heterocycles. The van der Waals surface area contributed by atoms with E-state index in [4.69, 9.17) is 24.5 Å².